The second-order valence-electron chi connectivity index (χ2n) is 3.69. The van der Waals surface area contributed by atoms with Crippen LogP contribution in [0.25, 0.3) is 0 Å². The van der Waals surface area contributed by atoms with Gasteiger partial charge in [0.1, 0.15) is 11.4 Å². The zero-order valence-electron chi connectivity index (χ0n) is 10.5. The number of amides is 2. The summed E-state index contributed by atoms with van der Waals surface area (Å²) in [6.45, 7) is 0.558. The first-order valence-corrected chi connectivity index (χ1v) is 5.86. The lowest BCUT2D eigenvalue weighted by Crippen LogP contribution is -2.35. The van der Waals surface area contributed by atoms with E-state index < -0.39 is 0 Å². The first kappa shape index (κ1) is 13.5. The fourth-order valence-corrected chi connectivity index (χ4v) is 1.37. The number of nitrogens with one attached hydrogen (secondary N) is 2. The zero-order chi connectivity index (χ0) is 14.2. The average molecular weight is 272 g/mol. The summed E-state index contributed by atoms with van der Waals surface area (Å²) in [6, 6.07) is 0. The van der Waals surface area contributed by atoms with E-state index in [2.05, 4.69) is 30.6 Å². The molecule has 0 aliphatic heterocycles. The van der Waals surface area contributed by atoms with Crippen molar-refractivity contribution in [3.63, 3.8) is 0 Å². The standard InChI is InChI=1S/C12H12N6O2/c19-11(9-7-13-1-3-15-9)17-5-6-18-12(20)10-8-14-2-4-16-10/h1-4,7-8H,5-6H2,(H,17,19)(H,18,20). The van der Waals surface area contributed by atoms with Crippen LogP contribution in [0.5, 0.6) is 0 Å². The summed E-state index contributed by atoms with van der Waals surface area (Å²) >= 11 is 0. The van der Waals surface area contributed by atoms with Crippen molar-refractivity contribution in [2.75, 3.05) is 13.1 Å². The fraction of sp³-hybridized carbons (Fsp3) is 0.167. The number of hydrogen-bond donors (Lipinski definition) is 2. The Morgan fingerprint density at radius 1 is 0.800 bits per heavy atom. The van der Waals surface area contributed by atoms with Crippen LogP contribution < -0.4 is 10.6 Å². The van der Waals surface area contributed by atoms with E-state index in [0.717, 1.165) is 0 Å². The smallest absolute Gasteiger partial charge is 0.271 e. The van der Waals surface area contributed by atoms with Crippen molar-refractivity contribution in [2.45, 2.75) is 0 Å². The largest absolute Gasteiger partial charge is 0.349 e. The molecule has 20 heavy (non-hydrogen) atoms. The monoisotopic (exact) mass is 272 g/mol. The molecule has 0 aliphatic rings. The van der Waals surface area contributed by atoms with Crippen LogP contribution in [-0.2, 0) is 0 Å². The van der Waals surface area contributed by atoms with Gasteiger partial charge in [0.05, 0.1) is 12.4 Å². The van der Waals surface area contributed by atoms with Gasteiger partial charge in [-0.2, -0.15) is 0 Å². The van der Waals surface area contributed by atoms with Gasteiger partial charge >= 0.3 is 0 Å². The van der Waals surface area contributed by atoms with E-state index in [1.54, 1.807) is 0 Å². The lowest BCUT2D eigenvalue weighted by atomic mass is 10.4. The van der Waals surface area contributed by atoms with E-state index in [4.69, 9.17) is 0 Å². The van der Waals surface area contributed by atoms with Gasteiger partial charge < -0.3 is 10.6 Å². The number of carbonyl (C=O) groups excluding carboxylic acids is 2. The third-order valence-electron chi connectivity index (χ3n) is 2.29. The van der Waals surface area contributed by atoms with Crippen molar-refractivity contribution in [3.05, 3.63) is 48.6 Å². The second kappa shape index (κ2) is 6.88. The molecule has 0 saturated carbocycles. The Hall–Kier alpha value is -2.90. The highest BCUT2D eigenvalue weighted by Gasteiger charge is 2.07. The number of hydrogen-bond acceptors (Lipinski definition) is 6. The van der Waals surface area contributed by atoms with Gasteiger partial charge in [-0.25, -0.2) is 9.97 Å². The van der Waals surface area contributed by atoms with Gasteiger partial charge in [-0.05, 0) is 0 Å². The molecule has 2 amide bonds. The molecule has 0 aromatic carbocycles. The summed E-state index contributed by atoms with van der Waals surface area (Å²) in [4.78, 5) is 38.5. The molecule has 102 valence electrons. The van der Waals surface area contributed by atoms with Crippen molar-refractivity contribution < 1.29 is 9.59 Å². The van der Waals surface area contributed by atoms with Gasteiger partial charge in [-0.15, -0.1) is 0 Å². The SMILES string of the molecule is O=C(NCCNC(=O)c1cnccn1)c1cnccn1. The van der Waals surface area contributed by atoms with Gasteiger partial charge in [0.25, 0.3) is 11.8 Å². The Morgan fingerprint density at radius 2 is 1.25 bits per heavy atom. The molecule has 2 aromatic heterocycles. The quantitative estimate of drug-likeness (QED) is 0.705. The number of nitrogens with zero attached hydrogens (tertiary/aromatic N) is 4. The summed E-state index contributed by atoms with van der Waals surface area (Å²) in [5.74, 6) is -0.682. The summed E-state index contributed by atoms with van der Waals surface area (Å²) in [6.07, 6.45) is 8.58. The highest BCUT2D eigenvalue weighted by molar-refractivity contribution is 5.92. The van der Waals surface area contributed by atoms with Crippen LogP contribution in [0.3, 0.4) is 0 Å². The van der Waals surface area contributed by atoms with E-state index in [1.165, 1.54) is 37.2 Å². The van der Waals surface area contributed by atoms with Crippen LogP contribution in [0.15, 0.2) is 37.2 Å². The lowest BCUT2D eigenvalue weighted by Gasteiger charge is -2.05. The molecule has 0 fully saturated rings. The van der Waals surface area contributed by atoms with Gasteiger partial charge in [-0.1, -0.05) is 0 Å². The predicted octanol–water partition coefficient (Wildman–Crippen LogP) is -0.574. The van der Waals surface area contributed by atoms with E-state index in [0.29, 0.717) is 0 Å². The van der Waals surface area contributed by atoms with Crippen molar-refractivity contribution in [1.29, 1.82) is 0 Å². The maximum Gasteiger partial charge on any atom is 0.271 e. The lowest BCUT2D eigenvalue weighted by molar-refractivity contribution is 0.0922. The molecule has 0 aliphatic carbocycles. The van der Waals surface area contributed by atoms with E-state index in [-0.39, 0.29) is 36.3 Å². The molecule has 2 N–H and O–H groups in total. The van der Waals surface area contributed by atoms with Crippen LogP contribution in [0, 0.1) is 0 Å². The Morgan fingerprint density at radius 3 is 1.60 bits per heavy atom. The van der Waals surface area contributed by atoms with Crippen molar-refractivity contribution >= 4 is 11.8 Å². The molecule has 0 saturated heterocycles. The number of rotatable bonds is 5. The molecule has 2 aromatic rings. The van der Waals surface area contributed by atoms with Crippen LogP contribution in [-0.4, -0.2) is 44.8 Å². The maximum atomic E-state index is 11.6. The highest BCUT2D eigenvalue weighted by Crippen LogP contribution is 1.90. The molecule has 0 radical (unpaired) electrons. The molecule has 2 heterocycles. The summed E-state index contributed by atoms with van der Waals surface area (Å²) < 4.78 is 0. The Labute approximate surface area is 114 Å². The summed E-state index contributed by atoms with van der Waals surface area (Å²) in [5, 5.41) is 5.23. The third kappa shape index (κ3) is 3.80. The Kier molecular flexibility index (Phi) is 4.65. The second-order valence-corrected chi connectivity index (χ2v) is 3.69. The first-order chi connectivity index (χ1) is 9.77. The number of aromatic nitrogens is 4. The summed E-state index contributed by atoms with van der Waals surface area (Å²) in [5.41, 5.74) is 0.459. The third-order valence-corrected chi connectivity index (χ3v) is 2.29. The molecular weight excluding hydrogens is 260 g/mol. The molecule has 0 atom stereocenters. The Balaban J connectivity index is 1.72. The predicted molar refractivity (Wildman–Crippen MR) is 68.7 cm³/mol. The van der Waals surface area contributed by atoms with Crippen molar-refractivity contribution in [1.82, 2.24) is 30.6 Å². The first-order valence-electron chi connectivity index (χ1n) is 5.86. The van der Waals surface area contributed by atoms with E-state index in [9.17, 15) is 9.59 Å². The number of carbonyl (C=O) groups is 2. The topological polar surface area (TPSA) is 110 Å². The minimum absolute atomic E-state index is 0.229. The minimum atomic E-state index is -0.341. The minimum Gasteiger partial charge on any atom is -0.349 e. The molecule has 0 unspecified atom stereocenters. The summed E-state index contributed by atoms with van der Waals surface area (Å²) in [7, 11) is 0. The van der Waals surface area contributed by atoms with E-state index in [1.807, 2.05) is 0 Å². The molecule has 8 heteroatoms. The molecule has 8 nitrogen and oxygen atoms in total. The highest BCUT2D eigenvalue weighted by atomic mass is 16.2. The van der Waals surface area contributed by atoms with Crippen LogP contribution >= 0.6 is 0 Å². The molecule has 0 bridgehead atoms. The fourth-order valence-electron chi connectivity index (χ4n) is 1.37. The zero-order valence-corrected chi connectivity index (χ0v) is 10.5. The molecular formula is C12H12N6O2. The van der Waals surface area contributed by atoms with Gasteiger partial charge in [0.2, 0.25) is 0 Å². The Bertz CT molecular complexity index is 522. The van der Waals surface area contributed by atoms with Crippen LogP contribution in [0.1, 0.15) is 21.0 Å². The van der Waals surface area contributed by atoms with Crippen LogP contribution in [0.4, 0.5) is 0 Å². The van der Waals surface area contributed by atoms with Gasteiger partial charge in [0, 0.05) is 37.9 Å². The van der Waals surface area contributed by atoms with E-state index >= 15 is 0 Å². The van der Waals surface area contributed by atoms with Crippen LogP contribution in [0.2, 0.25) is 0 Å². The molecule has 2 rings (SSSR count). The molecule has 0 spiro atoms. The maximum absolute atomic E-state index is 11.6. The average Bonchev–Trinajstić information content (AvgIpc) is 2.53. The van der Waals surface area contributed by atoms with Crippen molar-refractivity contribution in [3.8, 4) is 0 Å². The normalized spacial score (nSPS) is 9.80. The van der Waals surface area contributed by atoms with Gasteiger partial charge in [-0.3, -0.25) is 19.6 Å². The van der Waals surface area contributed by atoms with Gasteiger partial charge in [0.15, 0.2) is 0 Å². The van der Waals surface area contributed by atoms with Crippen molar-refractivity contribution in [2.24, 2.45) is 0 Å².